The van der Waals surface area contributed by atoms with Gasteiger partial charge in [-0.1, -0.05) is 31.9 Å². The second-order valence-electron chi connectivity index (χ2n) is 8.96. The molecule has 0 atom stereocenters. The number of nitrogens with zero attached hydrogens (tertiary/aromatic N) is 6. The number of fused-ring (bicyclic) bond motifs is 2. The van der Waals surface area contributed by atoms with Crippen LogP contribution in [-0.2, 0) is 9.59 Å². The molecule has 0 spiro atoms. The Morgan fingerprint density at radius 3 is 1.49 bits per heavy atom. The van der Waals surface area contributed by atoms with Gasteiger partial charge in [0.25, 0.3) is 11.8 Å². The molecular weight excluding hydrogens is 608 g/mol. The molecule has 0 saturated carbocycles. The maximum atomic E-state index is 12.4. The van der Waals surface area contributed by atoms with Crippen LogP contribution in [0.15, 0.2) is 65.8 Å². The average Bonchev–Trinajstić information content (AvgIpc) is 3.25. The number of amides is 2. The number of benzene rings is 2. The predicted molar refractivity (Wildman–Crippen MR) is 147 cm³/mol. The third-order valence-electron chi connectivity index (χ3n) is 5.68. The van der Waals surface area contributed by atoms with E-state index in [-0.39, 0.29) is 35.2 Å². The maximum Gasteiger partial charge on any atom is 0.274 e. The Morgan fingerprint density at radius 2 is 1.14 bits per heavy atom. The summed E-state index contributed by atoms with van der Waals surface area (Å²) in [6.45, 7) is 7.63. The normalized spacial score (nSPS) is 12.3. The SMILES string of the molecule is CC(C)n1c(O)c(N=NC(=O)CC(=O)N=Nc2c(O)n(C(C)C)c3ccc(Br)cc23)c2cc(Br)ccc21. The maximum absolute atomic E-state index is 12.4. The van der Waals surface area contributed by atoms with E-state index in [2.05, 4.69) is 52.3 Å². The second-order valence-corrected chi connectivity index (χ2v) is 10.8. The highest BCUT2D eigenvalue weighted by atomic mass is 79.9. The van der Waals surface area contributed by atoms with Crippen molar-refractivity contribution in [1.82, 2.24) is 9.13 Å². The highest BCUT2D eigenvalue weighted by molar-refractivity contribution is 9.10. The standard InChI is InChI=1S/C25H24Br2N6O4/c1-12(2)32-18-7-5-14(26)9-16(18)22(24(32)36)30-28-20(34)11-21(35)29-31-23-17-10-15(27)6-8-19(17)33(13(3)4)25(23)37/h5-10,12-13,36-37H,11H2,1-4H3. The van der Waals surface area contributed by atoms with E-state index in [1.807, 2.05) is 52.0 Å². The van der Waals surface area contributed by atoms with Gasteiger partial charge in [-0.15, -0.1) is 20.5 Å². The molecule has 192 valence electrons. The van der Waals surface area contributed by atoms with Gasteiger partial charge in [0.2, 0.25) is 11.8 Å². The van der Waals surface area contributed by atoms with Crippen LogP contribution >= 0.6 is 31.9 Å². The van der Waals surface area contributed by atoms with E-state index in [4.69, 9.17) is 0 Å². The first-order chi connectivity index (χ1) is 17.5. The molecule has 2 heterocycles. The van der Waals surface area contributed by atoms with Crippen LogP contribution in [0, 0.1) is 0 Å². The van der Waals surface area contributed by atoms with Gasteiger partial charge in [0.05, 0.1) is 11.0 Å². The third-order valence-corrected chi connectivity index (χ3v) is 6.67. The van der Waals surface area contributed by atoms with Crippen molar-refractivity contribution in [2.45, 2.75) is 46.2 Å². The number of hydrogen-bond acceptors (Lipinski definition) is 6. The fourth-order valence-corrected chi connectivity index (χ4v) is 4.89. The molecule has 2 aromatic heterocycles. The number of azo groups is 2. The summed E-state index contributed by atoms with van der Waals surface area (Å²) in [6, 6.07) is 10.7. The molecule has 0 radical (unpaired) electrons. The quantitative estimate of drug-likeness (QED) is 0.165. The van der Waals surface area contributed by atoms with Crippen LogP contribution in [0.1, 0.15) is 46.2 Å². The molecule has 0 fully saturated rings. The van der Waals surface area contributed by atoms with E-state index in [1.54, 1.807) is 21.3 Å². The first-order valence-corrected chi connectivity index (χ1v) is 13.0. The lowest BCUT2D eigenvalue weighted by Crippen LogP contribution is -2.01. The Morgan fingerprint density at radius 1 is 0.757 bits per heavy atom. The smallest absolute Gasteiger partial charge is 0.274 e. The zero-order valence-corrected chi connectivity index (χ0v) is 23.6. The van der Waals surface area contributed by atoms with Crippen molar-refractivity contribution in [2.75, 3.05) is 0 Å². The van der Waals surface area contributed by atoms with Gasteiger partial charge in [-0.05, 0) is 64.1 Å². The monoisotopic (exact) mass is 630 g/mol. The summed E-state index contributed by atoms with van der Waals surface area (Å²) < 4.78 is 4.90. The molecule has 0 bridgehead atoms. The molecule has 37 heavy (non-hydrogen) atoms. The highest BCUT2D eigenvalue weighted by Crippen LogP contribution is 2.43. The summed E-state index contributed by atoms with van der Waals surface area (Å²) in [7, 11) is 0. The van der Waals surface area contributed by atoms with Crippen LogP contribution in [0.25, 0.3) is 21.8 Å². The van der Waals surface area contributed by atoms with E-state index in [0.29, 0.717) is 10.8 Å². The zero-order chi connectivity index (χ0) is 27.0. The summed E-state index contributed by atoms with van der Waals surface area (Å²) in [5, 5.41) is 37.8. The number of hydrogen-bond donors (Lipinski definition) is 2. The number of rotatable bonds is 6. The van der Waals surface area contributed by atoms with Gasteiger partial charge in [0, 0.05) is 31.8 Å². The molecule has 2 amide bonds. The van der Waals surface area contributed by atoms with Gasteiger partial charge in [-0.3, -0.25) is 9.59 Å². The fraction of sp³-hybridized carbons (Fsp3) is 0.280. The van der Waals surface area contributed by atoms with Crippen molar-refractivity contribution in [3.63, 3.8) is 0 Å². The number of carbonyl (C=O) groups excluding carboxylic acids is 2. The third kappa shape index (κ3) is 5.21. The van der Waals surface area contributed by atoms with E-state index in [0.717, 1.165) is 20.0 Å². The Labute approximate surface area is 229 Å². The number of aromatic nitrogens is 2. The lowest BCUT2D eigenvalue weighted by atomic mass is 10.2. The number of carbonyl (C=O) groups is 2. The van der Waals surface area contributed by atoms with Gasteiger partial charge >= 0.3 is 0 Å². The summed E-state index contributed by atoms with van der Waals surface area (Å²) in [5.41, 5.74) is 1.72. The lowest BCUT2D eigenvalue weighted by molar-refractivity contribution is -0.126. The summed E-state index contributed by atoms with van der Waals surface area (Å²) >= 11 is 6.80. The van der Waals surface area contributed by atoms with Crippen LogP contribution in [0.2, 0.25) is 0 Å². The van der Waals surface area contributed by atoms with E-state index in [9.17, 15) is 19.8 Å². The molecule has 2 N–H and O–H groups in total. The highest BCUT2D eigenvalue weighted by Gasteiger charge is 2.21. The van der Waals surface area contributed by atoms with Crippen molar-refractivity contribution >= 4 is 76.9 Å². The zero-order valence-electron chi connectivity index (χ0n) is 20.5. The van der Waals surface area contributed by atoms with Gasteiger partial charge in [0.15, 0.2) is 11.4 Å². The second kappa shape index (κ2) is 10.5. The van der Waals surface area contributed by atoms with Crippen molar-refractivity contribution < 1.29 is 19.8 Å². The minimum Gasteiger partial charge on any atom is -0.493 e. The molecule has 0 saturated heterocycles. The first kappa shape index (κ1) is 26.7. The molecule has 0 aliphatic rings. The molecule has 12 heteroatoms. The van der Waals surface area contributed by atoms with Crippen LogP contribution in [-0.4, -0.2) is 31.2 Å². The van der Waals surface area contributed by atoms with Gasteiger partial charge < -0.3 is 19.3 Å². The van der Waals surface area contributed by atoms with Gasteiger partial charge in [-0.2, -0.15) is 0 Å². The predicted octanol–water partition coefficient (Wildman–Crippen LogP) is 8.00. The van der Waals surface area contributed by atoms with Gasteiger partial charge in [-0.25, -0.2) is 0 Å². The Kier molecular flexibility index (Phi) is 7.60. The topological polar surface area (TPSA) is 134 Å². The minimum absolute atomic E-state index is 0.0657. The largest absolute Gasteiger partial charge is 0.493 e. The molecule has 4 rings (SSSR count). The van der Waals surface area contributed by atoms with E-state index < -0.39 is 18.2 Å². The van der Waals surface area contributed by atoms with Crippen molar-refractivity contribution in [3.8, 4) is 11.8 Å². The van der Waals surface area contributed by atoms with Crippen molar-refractivity contribution in [1.29, 1.82) is 0 Å². The van der Waals surface area contributed by atoms with Crippen LogP contribution in [0.4, 0.5) is 11.4 Å². The summed E-state index contributed by atoms with van der Waals surface area (Å²) in [4.78, 5) is 24.7. The van der Waals surface area contributed by atoms with Crippen LogP contribution in [0.5, 0.6) is 11.8 Å². The van der Waals surface area contributed by atoms with Crippen LogP contribution < -0.4 is 0 Å². The first-order valence-electron chi connectivity index (χ1n) is 11.4. The van der Waals surface area contributed by atoms with E-state index in [1.165, 1.54) is 0 Å². The average molecular weight is 632 g/mol. The van der Waals surface area contributed by atoms with E-state index >= 15 is 0 Å². The Balaban J connectivity index is 1.57. The number of halogens is 2. The molecule has 0 aliphatic carbocycles. The fourth-order valence-electron chi connectivity index (χ4n) is 4.17. The summed E-state index contributed by atoms with van der Waals surface area (Å²) in [6.07, 6.45) is -0.673. The van der Waals surface area contributed by atoms with Crippen molar-refractivity contribution in [3.05, 3.63) is 45.3 Å². The lowest BCUT2D eigenvalue weighted by Gasteiger charge is -2.10. The Hall–Kier alpha value is -3.38. The van der Waals surface area contributed by atoms with Gasteiger partial charge in [0.1, 0.15) is 6.42 Å². The van der Waals surface area contributed by atoms with Crippen molar-refractivity contribution in [2.24, 2.45) is 20.5 Å². The minimum atomic E-state index is -0.847. The Bertz CT molecular complexity index is 1480. The molecule has 0 aliphatic heterocycles. The molecule has 2 aromatic carbocycles. The molecule has 4 aromatic rings. The van der Waals surface area contributed by atoms with Crippen LogP contribution in [0.3, 0.4) is 0 Å². The number of aromatic hydroxyl groups is 2. The molecular formula is C25H24Br2N6O4. The summed E-state index contributed by atoms with van der Waals surface area (Å²) in [5.74, 6) is -1.96. The molecule has 0 unspecified atom stereocenters. The molecule has 10 nitrogen and oxygen atoms in total.